The fourth-order valence-corrected chi connectivity index (χ4v) is 10.8. The maximum absolute atomic E-state index is 6.98. The monoisotopic (exact) mass is 471 g/mol. The van der Waals surface area contributed by atoms with E-state index in [1.165, 1.54) is 57.8 Å². The Bertz CT molecular complexity index is 781. The van der Waals surface area contributed by atoms with E-state index < -0.39 is 5.97 Å². The lowest BCUT2D eigenvalue weighted by Crippen LogP contribution is -2.60. The van der Waals surface area contributed by atoms with Crippen molar-refractivity contribution < 1.29 is 14.2 Å². The Morgan fingerprint density at radius 3 is 2.56 bits per heavy atom. The third-order valence-electron chi connectivity index (χ3n) is 12.3. The van der Waals surface area contributed by atoms with E-state index in [0.717, 1.165) is 42.9 Å². The summed E-state index contributed by atoms with van der Waals surface area (Å²) in [6, 6.07) is 0. The minimum atomic E-state index is -0.793. The summed E-state index contributed by atoms with van der Waals surface area (Å²) in [5, 5.41) is 0. The Morgan fingerprint density at radius 1 is 0.971 bits per heavy atom. The molecule has 3 heteroatoms. The average Bonchev–Trinajstić information content (AvgIpc) is 3.20. The summed E-state index contributed by atoms with van der Waals surface area (Å²) in [6.45, 7) is 14.6. The van der Waals surface area contributed by atoms with Gasteiger partial charge in [-0.15, -0.1) is 0 Å². The lowest BCUT2D eigenvalue weighted by molar-refractivity contribution is -0.403. The molecule has 2 saturated heterocycles. The molecule has 1 radical (unpaired) electrons. The molecule has 2 unspecified atom stereocenters. The molecule has 193 valence electrons. The van der Waals surface area contributed by atoms with Crippen molar-refractivity contribution in [1.82, 2.24) is 0 Å². The van der Waals surface area contributed by atoms with Crippen LogP contribution in [-0.2, 0) is 14.2 Å². The molecule has 11 atom stereocenters. The Morgan fingerprint density at radius 2 is 1.79 bits per heavy atom. The van der Waals surface area contributed by atoms with E-state index in [1.54, 1.807) is 0 Å². The van der Waals surface area contributed by atoms with Crippen molar-refractivity contribution in [2.45, 2.75) is 142 Å². The van der Waals surface area contributed by atoms with E-state index in [1.807, 2.05) is 0 Å². The highest BCUT2D eigenvalue weighted by Gasteiger charge is 2.74. The van der Waals surface area contributed by atoms with Gasteiger partial charge in [-0.1, -0.05) is 34.6 Å². The SMILES string of the molecule is CCCC12O[C@H]3C[C@H]4[C@@H]5CCC6C[CH]CC[C@]6(C)[C@H]5CC[C@]4(C)[C@H]3[C@@](C)(O1)[C@@H](CCC(C)C)O2. The van der Waals surface area contributed by atoms with Crippen LogP contribution in [0.25, 0.3) is 0 Å². The van der Waals surface area contributed by atoms with Gasteiger partial charge in [0.25, 0.3) is 5.97 Å². The fraction of sp³-hybridized carbons (Fsp3) is 0.968. The molecule has 6 aliphatic rings. The van der Waals surface area contributed by atoms with Crippen molar-refractivity contribution >= 4 is 0 Å². The topological polar surface area (TPSA) is 27.7 Å². The first-order chi connectivity index (χ1) is 16.2. The molecule has 6 fully saturated rings. The van der Waals surface area contributed by atoms with E-state index in [0.29, 0.717) is 28.8 Å². The van der Waals surface area contributed by atoms with E-state index in [-0.39, 0.29) is 11.7 Å². The van der Waals surface area contributed by atoms with Crippen LogP contribution in [0.15, 0.2) is 0 Å². The van der Waals surface area contributed by atoms with Crippen molar-refractivity contribution in [3.8, 4) is 0 Å². The van der Waals surface area contributed by atoms with Crippen molar-refractivity contribution in [1.29, 1.82) is 0 Å². The van der Waals surface area contributed by atoms with E-state index in [2.05, 4.69) is 48.0 Å². The van der Waals surface area contributed by atoms with Gasteiger partial charge in [-0.3, -0.25) is 0 Å². The molecule has 0 spiro atoms. The predicted octanol–water partition coefficient (Wildman–Crippen LogP) is 7.92. The maximum atomic E-state index is 6.98. The van der Waals surface area contributed by atoms with Crippen LogP contribution in [0.3, 0.4) is 0 Å². The molecule has 0 aromatic heterocycles. The van der Waals surface area contributed by atoms with Crippen LogP contribution in [0.5, 0.6) is 0 Å². The minimum Gasteiger partial charge on any atom is -0.324 e. The van der Waals surface area contributed by atoms with E-state index in [4.69, 9.17) is 14.2 Å². The highest BCUT2D eigenvalue weighted by atomic mass is 16.9. The molecule has 0 N–H and O–H groups in total. The van der Waals surface area contributed by atoms with Gasteiger partial charge >= 0.3 is 0 Å². The molecule has 4 aliphatic carbocycles. The van der Waals surface area contributed by atoms with Crippen LogP contribution in [0.1, 0.15) is 119 Å². The predicted molar refractivity (Wildman–Crippen MR) is 136 cm³/mol. The third-order valence-corrected chi connectivity index (χ3v) is 12.3. The number of hydrogen-bond acceptors (Lipinski definition) is 3. The molecular weight excluding hydrogens is 420 g/mol. The Balaban J connectivity index is 1.33. The van der Waals surface area contributed by atoms with Gasteiger partial charge in [0.05, 0.1) is 12.2 Å². The van der Waals surface area contributed by atoms with Gasteiger partial charge < -0.3 is 14.2 Å². The number of rotatable bonds is 5. The second kappa shape index (κ2) is 8.19. The zero-order valence-corrected chi connectivity index (χ0v) is 22.9. The summed E-state index contributed by atoms with van der Waals surface area (Å²) in [5.74, 6) is 3.88. The Hall–Kier alpha value is -0.120. The zero-order chi connectivity index (χ0) is 23.9. The summed E-state index contributed by atoms with van der Waals surface area (Å²) in [4.78, 5) is 0. The highest BCUT2D eigenvalue weighted by molar-refractivity contribution is 5.18. The summed E-state index contributed by atoms with van der Waals surface area (Å²) in [5.41, 5.74) is 0.663. The minimum absolute atomic E-state index is 0.159. The molecule has 3 nitrogen and oxygen atoms in total. The lowest BCUT2D eigenvalue weighted by atomic mass is 9.44. The first-order valence-electron chi connectivity index (χ1n) is 15.0. The number of hydrogen-bond donors (Lipinski definition) is 0. The van der Waals surface area contributed by atoms with E-state index >= 15 is 0 Å². The summed E-state index contributed by atoms with van der Waals surface area (Å²) >= 11 is 0. The second-order valence-corrected chi connectivity index (χ2v) is 14.4. The van der Waals surface area contributed by atoms with Crippen molar-refractivity contribution in [3.05, 3.63) is 6.42 Å². The van der Waals surface area contributed by atoms with Gasteiger partial charge in [0.2, 0.25) is 0 Å². The van der Waals surface area contributed by atoms with Gasteiger partial charge in [0.1, 0.15) is 5.60 Å². The largest absolute Gasteiger partial charge is 0.324 e. The number of ether oxygens (including phenoxy) is 3. The summed E-state index contributed by atoms with van der Waals surface area (Å²) in [6.07, 6.45) is 18.3. The van der Waals surface area contributed by atoms with Crippen LogP contribution in [-0.4, -0.2) is 23.8 Å². The molecule has 2 aliphatic heterocycles. The lowest BCUT2D eigenvalue weighted by Gasteiger charge is -2.61. The van der Waals surface area contributed by atoms with Gasteiger partial charge in [0.15, 0.2) is 0 Å². The van der Waals surface area contributed by atoms with Crippen molar-refractivity contribution in [2.24, 2.45) is 46.3 Å². The molecule has 6 rings (SSSR count). The van der Waals surface area contributed by atoms with Crippen LogP contribution >= 0.6 is 0 Å². The van der Waals surface area contributed by atoms with Crippen molar-refractivity contribution in [3.63, 3.8) is 0 Å². The van der Waals surface area contributed by atoms with Gasteiger partial charge in [-0.05, 0) is 124 Å². The molecule has 34 heavy (non-hydrogen) atoms. The van der Waals surface area contributed by atoms with Crippen molar-refractivity contribution in [2.75, 3.05) is 0 Å². The molecular formula is C31H51O3. The standard InChI is InChI=1S/C31H51O3/c1-7-16-31-32-25-19-24-22-13-12-21-10-8-9-17-28(21,4)23(22)15-18-29(24,5)27(25)30(6,34-31)26(33-31)14-11-20(2)3/h8,20-27H,7,9-19H2,1-6H3/t21?,22-,23+,24+,25+,26-,27+,28+,29+,30+,31?/m1/s1. The zero-order valence-electron chi connectivity index (χ0n) is 22.9. The Labute approximate surface area is 209 Å². The molecule has 4 saturated carbocycles. The molecule has 0 amide bonds. The first kappa shape index (κ1) is 24.2. The quantitative estimate of drug-likeness (QED) is 0.407. The van der Waals surface area contributed by atoms with Crippen LogP contribution in [0.2, 0.25) is 0 Å². The van der Waals surface area contributed by atoms with Crippen LogP contribution < -0.4 is 0 Å². The normalized spacial score (nSPS) is 56.0. The van der Waals surface area contributed by atoms with Gasteiger partial charge in [0, 0.05) is 12.3 Å². The maximum Gasteiger partial charge on any atom is 0.284 e. The number of fused-ring (bicyclic) bond motifs is 10. The second-order valence-electron chi connectivity index (χ2n) is 14.4. The first-order valence-corrected chi connectivity index (χ1v) is 15.0. The van der Waals surface area contributed by atoms with Gasteiger partial charge in [-0.2, -0.15) is 0 Å². The van der Waals surface area contributed by atoms with Crippen LogP contribution in [0.4, 0.5) is 0 Å². The smallest absolute Gasteiger partial charge is 0.284 e. The van der Waals surface area contributed by atoms with Crippen LogP contribution in [0, 0.1) is 52.8 Å². The third kappa shape index (κ3) is 3.31. The molecule has 2 heterocycles. The summed E-state index contributed by atoms with van der Waals surface area (Å²) < 4.78 is 20.7. The fourth-order valence-electron chi connectivity index (χ4n) is 10.8. The Kier molecular flexibility index (Phi) is 5.84. The highest BCUT2D eigenvalue weighted by Crippen LogP contribution is 2.72. The van der Waals surface area contributed by atoms with Gasteiger partial charge in [-0.25, -0.2) is 0 Å². The average molecular weight is 472 g/mol. The molecule has 0 aromatic rings. The molecule has 2 bridgehead atoms. The molecule has 0 aromatic carbocycles. The van der Waals surface area contributed by atoms with E-state index in [9.17, 15) is 0 Å². The summed E-state index contributed by atoms with van der Waals surface area (Å²) in [7, 11) is 0.